The summed E-state index contributed by atoms with van der Waals surface area (Å²) in [5, 5.41) is 2.64. The quantitative estimate of drug-likeness (QED) is 0.839. The van der Waals surface area contributed by atoms with Crippen molar-refractivity contribution >= 4 is 21.6 Å². The second kappa shape index (κ2) is 7.32. The first-order valence-electron chi connectivity index (χ1n) is 7.30. The molecule has 1 amide bonds. The molecule has 1 aromatic carbocycles. The molecule has 1 N–H and O–H groups in total. The van der Waals surface area contributed by atoms with Crippen LogP contribution in [0.1, 0.15) is 23.0 Å². The first kappa shape index (κ1) is 17.1. The van der Waals surface area contributed by atoms with E-state index < -0.39 is 10.0 Å². The zero-order chi connectivity index (χ0) is 16.9. The number of benzene rings is 1. The molecule has 0 spiro atoms. The molecule has 0 saturated heterocycles. The maximum atomic E-state index is 12.0. The van der Waals surface area contributed by atoms with E-state index in [1.54, 1.807) is 24.3 Å². The molecule has 7 heteroatoms. The second-order valence-corrected chi connectivity index (χ2v) is 7.00. The Bertz CT molecular complexity index is 737. The Morgan fingerprint density at radius 3 is 2.43 bits per heavy atom. The fraction of sp³-hybridized carbons (Fsp3) is 0.312. The summed E-state index contributed by atoms with van der Waals surface area (Å²) in [6, 6.07) is 10.5. The van der Waals surface area contributed by atoms with E-state index in [0.29, 0.717) is 5.69 Å². The molecule has 0 radical (unpaired) electrons. The van der Waals surface area contributed by atoms with E-state index >= 15 is 0 Å². The van der Waals surface area contributed by atoms with E-state index in [2.05, 4.69) is 5.32 Å². The van der Waals surface area contributed by atoms with Crippen LogP contribution in [0.5, 0.6) is 0 Å². The number of furan rings is 1. The van der Waals surface area contributed by atoms with Gasteiger partial charge in [0, 0.05) is 6.54 Å². The lowest BCUT2D eigenvalue weighted by atomic mass is 10.1. The number of carbonyl (C=O) groups is 1. The number of hydrogen-bond donors (Lipinski definition) is 1. The van der Waals surface area contributed by atoms with Gasteiger partial charge in [-0.25, -0.2) is 8.42 Å². The molecule has 0 saturated carbocycles. The molecule has 0 aliphatic carbocycles. The number of amides is 1. The lowest BCUT2D eigenvalue weighted by Crippen LogP contribution is -2.38. The molecule has 2 aromatic rings. The summed E-state index contributed by atoms with van der Waals surface area (Å²) in [4.78, 5) is 11.8. The first-order valence-corrected chi connectivity index (χ1v) is 9.15. The summed E-state index contributed by atoms with van der Waals surface area (Å²) in [5.41, 5.74) is 1.71. The number of nitrogens with one attached hydrogen (secondary N) is 1. The molecule has 6 nitrogen and oxygen atoms in total. The first-order chi connectivity index (χ1) is 10.9. The summed E-state index contributed by atoms with van der Waals surface area (Å²) in [6.07, 6.45) is 3.44. The van der Waals surface area contributed by atoms with E-state index in [1.165, 1.54) is 10.6 Å². The molecule has 1 heterocycles. The maximum absolute atomic E-state index is 12.0. The SMILES string of the molecule is CCc1ccc(N(CCNC(=O)c2ccco2)S(C)(=O)=O)cc1. The predicted molar refractivity (Wildman–Crippen MR) is 89.1 cm³/mol. The van der Waals surface area contributed by atoms with Gasteiger partial charge in [0.05, 0.1) is 24.8 Å². The molecule has 0 fully saturated rings. The van der Waals surface area contributed by atoms with Crippen molar-refractivity contribution in [3.05, 3.63) is 54.0 Å². The summed E-state index contributed by atoms with van der Waals surface area (Å²) in [7, 11) is -3.43. The molecule has 23 heavy (non-hydrogen) atoms. The number of sulfonamides is 1. The number of aryl methyl sites for hydroxylation is 1. The van der Waals surface area contributed by atoms with Gasteiger partial charge < -0.3 is 9.73 Å². The van der Waals surface area contributed by atoms with Crippen molar-refractivity contribution < 1.29 is 17.6 Å². The van der Waals surface area contributed by atoms with Crippen LogP contribution in [0.2, 0.25) is 0 Å². The summed E-state index contributed by atoms with van der Waals surface area (Å²) < 4.78 is 30.2. The van der Waals surface area contributed by atoms with Gasteiger partial charge in [-0.2, -0.15) is 0 Å². The zero-order valence-electron chi connectivity index (χ0n) is 13.2. The van der Waals surface area contributed by atoms with Crippen LogP contribution >= 0.6 is 0 Å². The molecule has 0 aliphatic heterocycles. The highest BCUT2D eigenvalue weighted by atomic mass is 32.2. The molecular weight excluding hydrogens is 316 g/mol. The topological polar surface area (TPSA) is 79.6 Å². The predicted octanol–water partition coefficient (Wildman–Crippen LogP) is 2.04. The average molecular weight is 336 g/mol. The maximum Gasteiger partial charge on any atom is 0.287 e. The van der Waals surface area contributed by atoms with Gasteiger partial charge in [0.1, 0.15) is 0 Å². The van der Waals surface area contributed by atoms with Crippen LogP contribution in [0, 0.1) is 0 Å². The van der Waals surface area contributed by atoms with Crippen molar-refractivity contribution in [2.24, 2.45) is 0 Å². The third-order valence-corrected chi connectivity index (χ3v) is 4.57. The molecule has 1 aromatic heterocycles. The fourth-order valence-electron chi connectivity index (χ4n) is 2.15. The molecule has 0 unspecified atom stereocenters. The second-order valence-electron chi connectivity index (χ2n) is 5.09. The molecule has 2 rings (SSSR count). The van der Waals surface area contributed by atoms with Gasteiger partial charge in [0.2, 0.25) is 10.0 Å². The Hall–Kier alpha value is -2.28. The Labute approximate surface area is 136 Å². The number of carbonyl (C=O) groups excluding carboxylic acids is 1. The number of nitrogens with zero attached hydrogens (tertiary/aromatic N) is 1. The largest absolute Gasteiger partial charge is 0.459 e. The Kier molecular flexibility index (Phi) is 5.44. The van der Waals surface area contributed by atoms with Gasteiger partial charge in [-0.05, 0) is 36.2 Å². The van der Waals surface area contributed by atoms with Crippen LogP contribution in [0.4, 0.5) is 5.69 Å². The van der Waals surface area contributed by atoms with Crippen molar-refractivity contribution in [3.8, 4) is 0 Å². The molecule has 124 valence electrons. The average Bonchev–Trinajstić information content (AvgIpc) is 3.05. The molecular formula is C16H20N2O4S. The van der Waals surface area contributed by atoms with Crippen LogP contribution in [-0.2, 0) is 16.4 Å². The normalized spacial score (nSPS) is 11.2. The van der Waals surface area contributed by atoms with Crippen LogP contribution in [0.25, 0.3) is 0 Å². The van der Waals surface area contributed by atoms with Crippen LogP contribution in [0.15, 0.2) is 47.1 Å². The van der Waals surface area contributed by atoms with Gasteiger partial charge in [-0.15, -0.1) is 0 Å². The highest BCUT2D eigenvalue weighted by molar-refractivity contribution is 7.92. The third kappa shape index (κ3) is 4.59. The van der Waals surface area contributed by atoms with Crippen molar-refractivity contribution in [1.29, 1.82) is 0 Å². The smallest absolute Gasteiger partial charge is 0.287 e. The van der Waals surface area contributed by atoms with Crippen molar-refractivity contribution in [3.63, 3.8) is 0 Å². The standard InChI is InChI=1S/C16H20N2O4S/c1-3-13-6-8-14(9-7-13)18(23(2,20)21)11-10-17-16(19)15-5-4-12-22-15/h4-9,12H,3,10-11H2,1-2H3,(H,17,19). The third-order valence-electron chi connectivity index (χ3n) is 3.38. The van der Waals surface area contributed by atoms with E-state index in [1.807, 2.05) is 19.1 Å². The van der Waals surface area contributed by atoms with Crippen molar-refractivity contribution in [1.82, 2.24) is 5.32 Å². The number of rotatable bonds is 7. The Morgan fingerprint density at radius 2 is 1.91 bits per heavy atom. The minimum absolute atomic E-state index is 0.150. The molecule has 0 atom stereocenters. The van der Waals surface area contributed by atoms with Crippen molar-refractivity contribution in [2.45, 2.75) is 13.3 Å². The van der Waals surface area contributed by atoms with E-state index in [9.17, 15) is 13.2 Å². The summed E-state index contributed by atoms with van der Waals surface area (Å²) in [5.74, 6) is -0.173. The summed E-state index contributed by atoms with van der Waals surface area (Å²) in [6.45, 7) is 2.37. The fourth-order valence-corrected chi connectivity index (χ4v) is 3.08. The highest BCUT2D eigenvalue weighted by Crippen LogP contribution is 2.18. The zero-order valence-corrected chi connectivity index (χ0v) is 14.0. The molecule has 0 bridgehead atoms. The van der Waals surface area contributed by atoms with Crippen LogP contribution in [-0.4, -0.2) is 33.7 Å². The van der Waals surface area contributed by atoms with Crippen molar-refractivity contribution in [2.75, 3.05) is 23.7 Å². The highest BCUT2D eigenvalue weighted by Gasteiger charge is 2.17. The summed E-state index contributed by atoms with van der Waals surface area (Å²) >= 11 is 0. The van der Waals surface area contributed by atoms with Gasteiger partial charge in [0.15, 0.2) is 5.76 Å². The van der Waals surface area contributed by atoms with Gasteiger partial charge >= 0.3 is 0 Å². The number of anilines is 1. The Morgan fingerprint density at radius 1 is 1.22 bits per heavy atom. The van der Waals surface area contributed by atoms with E-state index in [-0.39, 0.29) is 24.8 Å². The van der Waals surface area contributed by atoms with Crippen LogP contribution < -0.4 is 9.62 Å². The Balaban J connectivity index is 2.03. The minimum atomic E-state index is -3.43. The molecule has 0 aliphatic rings. The van der Waals surface area contributed by atoms with E-state index in [0.717, 1.165) is 18.2 Å². The van der Waals surface area contributed by atoms with Gasteiger partial charge in [-0.3, -0.25) is 9.10 Å². The number of hydrogen-bond acceptors (Lipinski definition) is 4. The lowest BCUT2D eigenvalue weighted by Gasteiger charge is -2.22. The minimum Gasteiger partial charge on any atom is -0.459 e. The van der Waals surface area contributed by atoms with Gasteiger partial charge in [-0.1, -0.05) is 19.1 Å². The van der Waals surface area contributed by atoms with Gasteiger partial charge in [0.25, 0.3) is 5.91 Å². The van der Waals surface area contributed by atoms with E-state index in [4.69, 9.17) is 4.42 Å². The van der Waals surface area contributed by atoms with Crippen LogP contribution in [0.3, 0.4) is 0 Å². The lowest BCUT2D eigenvalue weighted by molar-refractivity contribution is 0.0927. The monoisotopic (exact) mass is 336 g/mol.